The summed E-state index contributed by atoms with van der Waals surface area (Å²) in [7, 11) is 0.181. The lowest BCUT2D eigenvalue weighted by Gasteiger charge is -1.93. The fourth-order valence-electron chi connectivity index (χ4n) is 0.962. The SMILES string of the molecule is CCCCC[SiH2]C=C(C)C. The van der Waals surface area contributed by atoms with Crippen LogP contribution in [0.5, 0.6) is 0 Å². The third-order valence-electron chi connectivity index (χ3n) is 1.61. The molecule has 0 bridgehead atoms. The molecule has 1 heteroatoms. The first-order chi connectivity index (χ1) is 4.77. The Morgan fingerprint density at radius 2 is 2.00 bits per heavy atom. The Morgan fingerprint density at radius 1 is 1.30 bits per heavy atom. The van der Waals surface area contributed by atoms with E-state index >= 15 is 0 Å². The lowest BCUT2D eigenvalue weighted by Crippen LogP contribution is -1.85. The van der Waals surface area contributed by atoms with Crippen LogP contribution in [0.15, 0.2) is 11.3 Å². The van der Waals surface area contributed by atoms with E-state index in [0.29, 0.717) is 0 Å². The fraction of sp³-hybridized carbons (Fsp3) is 0.778. The summed E-state index contributed by atoms with van der Waals surface area (Å²) in [6.45, 7) is 6.67. The average Bonchev–Trinajstić information content (AvgIpc) is 1.87. The Bertz CT molecular complexity index is 90.9. The third kappa shape index (κ3) is 7.96. The van der Waals surface area contributed by atoms with Crippen molar-refractivity contribution in [2.75, 3.05) is 0 Å². The van der Waals surface area contributed by atoms with Crippen LogP contribution >= 0.6 is 0 Å². The highest BCUT2D eigenvalue weighted by Crippen LogP contribution is 1.99. The van der Waals surface area contributed by atoms with E-state index in [4.69, 9.17) is 0 Å². The molecular weight excluding hydrogens is 136 g/mol. The van der Waals surface area contributed by atoms with Crippen molar-refractivity contribution < 1.29 is 0 Å². The van der Waals surface area contributed by atoms with Crippen molar-refractivity contribution in [2.24, 2.45) is 0 Å². The molecule has 0 fully saturated rings. The van der Waals surface area contributed by atoms with Crippen LogP contribution in [0.25, 0.3) is 0 Å². The van der Waals surface area contributed by atoms with Gasteiger partial charge in [0.1, 0.15) is 0 Å². The topological polar surface area (TPSA) is 0 Å². The van der Waals surface area contributed by atoms with Gasteiger partial charge in [0.2, 0.25) is 0 Å². The highest BCUT2D eigenvalue weighted by molar-refractivity contribution is 6.42. The molecule has 0 spiro atoms. The molecule has 0 aromatic heterocycles. The molecule has 0 aliphatic carbocycles. The zero-order valence-electron chi connectivity index (χ0n) is 7.61. The van der Waals surface area contributed by atoms with Gasteiger partial charge >= 0.3 is 0 Å². The predicted molar refractivity (Wildman–Crippen MR) is 52.3 cm³/mol. The molecule has 0 saturated carbocycles. The van der Waals surface area contributed by atoms with E-state index in [1.54, 1.807) is 0 Å². The van der Waals surface area contributed by atoms with Crippen LogP contribution in [0.2, 0.25) is 6.04 Å². The van der Waals surface area contributed by atoms with Crippen LogP contribution < -0.4 is 0 Å². The van der Waals surface area contributed by atoms with Crippen LogP contribution in [0.4, 0.5) is 0 Å². The van der Waals surface area contributed by atoms with E-state index in [-0.39, 0.29) is 9.52 Å². The van der Waals surface area contributed by atoms with Crippen molar-refractivity contribution in [1.82, 2.24) is 0 Å². The van der Waals surface area contributed by atoms with Crippen molar-refractivity contribution in [1.29, 1.82) is 0 Å². The zero-order valence-corrected chi connectivity index (χ0v) is 9.03. The molecule has 0 unspecified atom stereocenters. The molecular formula is C9H20Si. The first-order valence-electron chi connectivity index (χ1n) is 4.40. The Kier molecular flexibility index (Phi) is 7.04. The van der Waals surface area contributed by atoms with E-state index in [1.165, 1.54) is 30.9 Å². The Morgan fingerprint density at radius 3 is 2.50 bits per heavy atom. The molecule has 10 heavy (non-hydrogen) atoms. The molecule has 0 amide bonds. The molecule has 0 saturated heterocycles. The van der Waals surface area contributed by atoms with Gasteiger partial charge in [-0.15, -0.1) is 5.70 Å². The molecule has 0 aromatic carbocycles. The molecule has 0 heterocycles. The maximum Gasteiger partial charge on any atom is 0.0453 e. The summed E-state index contributed by atoms with van der Waals surface area (Å²) < 4.78 is 0. The molecule has 0 aromatic rings. The second-order valence-corrected chi connectivity index (χ2v) is 4.82. The van der Waals surface area contributed by atoms with Gasteiger partial charge in [0.05, 0.1) is 0 Å². The summed E-state index contributed by atoms with van der Waals surface area (Å²) in [5.41, 5.74) is 3.98. The third-order valence-corrected chi connectivity index (χ3v) is 3.62. The molecule has 0 aliphatic heterocycles. The molecule has 0 N–H and O–H groups in total. The molecule has 0 nitrogen and oxygen atoms in total. The van der Waals surface area contributed by atoms with Crippen LogP contribution in [-0.2, 0) is 0 Å². The van der Waals surface area contributed by atoms with Gasteiger partial charge in [-0.2, -0.15) is 0 Å². The van der Waals surface area contributed by atoms with Gasteiger partial charge in [-0.1, -0.05) is 37.8 Å². The number of hydrogen-bond donors (Lipinski definition) is 0. The molecule has 0 atom stereocenters. The van der Waals surface area contributed by atoms with Gasteiger partial charge in [-0.3, -0.25) is 0 Å². The maximum atomic E-state index is 2.47. The highest BCUT2D eigenvalue weighted by Gasteiger charge is 1.85. The number of hydrogen-bond acceptors (Lipinski definition) is 0. The number of allylic oxidation sites excluding steroid dienone is 1. The van der Waals surface area contributed by atoms with Crippen LogP contribution in [0.1, 0.15) is 40.0 Å². The first-order valence-corrected chi connectivity index (χ1v) is 6.22. The van der Waals surface area contributed by atoms with Crippen molar-refractivity contribution in [3.63, 3.8) is 0 Å². The van der Waals surface area contributed by atoms with Gasteiger partial charge in [-0.25, -0.2) is 0 Å². The lowest BCUT2D eigenvalue weighted by atomic mass is 10.3. The standard InChI is InChI=1S/C9H20Si/c1-4-5-6-7-10-8-9(2)3/h8H,4-7,10H2,1-3H3. The summed E-state index contributed by atoms with van der Waals surface area (Å²) in [6, 6.07) is 1.51. The molecule has 0 rings (SSSR count). The van der Waals surface area contributed by atoms with E-state index in [9.17, 15) is 0 Å². The second kappa shape index (κ2) is 7.07. The van der Waals surface area contributed by atoms with E-state index in [0.717, 1.165) is 0 Å². The van der Waals surface area contributed by atoms with Crippen LogP contribution in [0, 0.1) is 0 Å². The minimum Gasteiger partial charge on any atom is -0.103 e. The van der Waals surface area contributed by atoms with E-state index in [2.05, 4.69) is 26.5 Å². The van der Waals surface area contributed by atoms with Gasteiger partial charge < -0.3 is 0 Å². The van der Waals surface area contributed by atoms with Crippen molar-refractivity contribution in [2.45, 2.75) is 46.1 Å². The Balaban J connectivity index is 2.98. The minimum atomic E-state index is 0.181. The van der Waals surface area contributed by atoms with Crippen LogP contribution in [0.3, 0.4) is 0 Å². The Labute approximate surface area is 67.5 Å². The first kappa shape index (κ1) is 9.96. The predicted octanol–water partition coefficient (Wildman–Crippen LogP) is 2.69. The maximum absolute atomic E-state index is 2.47. The Hall–Kier alpha value is -0.0431. The highest BCUT2D eigenvalue weighted by atomic mass is 28.2. The summed E-state index contributed by atoms with van der Waals surface area (Å²) in [5.74, 6) is 0. The van der Waals surface area contributed by atoms with Gasteiger partial charge in [-0.05, 0) is 13.8 Å². The molecule has 0 aliphatic rings. The summed E-state index contributed by atoms with van der Waals surface area (Å²) in [4.78, 5) is 0. The fourth-order valence-corrected chi connectivity index (χ4v) is 2.39. The van der Waals surface area contributed by atoms with Crippen molar-refractivity contribution in [3.8, 4) is 0 Å². The molecule has 0 radical (unpaired) electrons. The summed E-state index contributed by atoms with van der Waals surface area (Å²) >= 11 is 0. The quantitative estimate of drug-likeness (QED) is 0.424. The number of rotatable bonds is 5. The van der Waals surface area contributed by atoms with Crippen molar-refractivity contribution >= 4 is 9.52 Å². The van der Waals surface area contributed by atoms with E-state index in [1.807, 2.05) is 0 Å². The lowest BCUT2D eigenvalue weighted by molar-refractivity contribution is 0.769. The van der Waals surface area contributed by atoms with Crippen LogP contribution in [-0.4, -0.2) is 9.52 Å². The van der Waals surface area contributed by atoms with Gasteiger partial charge in [0, 0.05) is 9.52 Å². The summed E-state index contributed by atoms with van der Waals surface area (Å²) in [6.07, 6.45) is 4.26. The second-order valence-electron chi connectivity index (χ2n) is 3.13. The number of unbranched alkanes of at least 4 members (excludes halogenated alkanes) is 2. The molecule has 60 valence electrons. The van der Waals surface area contributed by atoms with Gasteiger partial charge in [0.25, 0.3) is 0 Å². The van der Waals surface area contributed by atoms with Gasteiger partial charge in [0.15, 0.2) is 0 Å². The summed E-state index contributed by atoms with van der Waals surface area (Å²) in [5, 5.41) is 0. The smallest absolute Gasteiger partial charge is 0.0453 e. The monoisotopic (exact) mass is 156 g/mol. The minimum absolute atomic E-state index is 0.181. The van der Waals surface area contributed by atoms with Crippen molar-refractivity contribution in [3.05, 3.63) is 11.3 Å². The largest absolute Gasteiger partial charge is 0.103 e. The van der Waals surface area contributed by atoms with E-state index < -0.39 is 0 Å². The average molecular weight is 156 g/mol. The normalized spacial score (nSPS) is 10.7. The zero-order chi connectivity index (χ0) is 7.82.